The fraction of sp³-hybridized carbons (Fsp3) is 0.400. The number of carbonyl (C=O) groups is 1. The van der Waals surface area contributed by atoms with Crippen molar-refractivity contribution in [3.05, 3.63) is 54.4 Å². The second kappa shape index (κ2) is 7.33. The molecule has 1 aromatic carbocycles. The molecule has 2 saturated heterocycles. The van der Waals surface area contributed by atoms with Gasteiger partial charge in [-0.3, -0.25) is 9.78 Å². The molecule has 0 spiro atoms. The van der Waals surface area contributed by atoms with Crippen molar-refractivity contribution in [3.8, 4) is 11.5 Å². The Morgan fingerprint density at radius 1 is 1.04 bits per heavy atom. The summed E-state index contributed by atoms with van der Waals surface area (Å²) < 4.78 is 47.3. The maximum atomic E-state index is 13.0. The zero-order chi connectivity index (χ0) is 19.7. The number of amides is 1. The second-order valence-corrected chi connectivity index (χ2v) is 7.07. The number of hydrogen-bond donors (Lipinski definition) is 0. The average Bonchev–Trinajstić information content (AvgIpc) is 2.91. The summed E-state index contributed by atoms with van der Waals surface area (Å²) >= 11 is 0. The Kier molecular flexibility index (Phi) is 4.87. The minimum Gasteiger partial charge on any atom is -0.490 e. The van der Waals surface area contributed by atoms with Crippen molar-refractivity contribution in [1.29, 1.82) is 0 Å². The van der Waals surface area contributed by atoms with Crippen LogP contribution >= 0.6 is 0 Å². The summed E-state index contributed by atoms with van der Waals surface area (Å²) in [5.41, 5.74) is 0.201. The van der Waals surface area contributed by atoms with Crippen molar-refractivity contribution in [2.75, 3.05) is 0 Å². The molecule has 0 N–H and O–H groups in total. The predicted octanol–water partition coefficient (Wildman–Crippen LogP) is 4.19. The van der Waals surface area contributed by atoms with Crippen LogP contribution in [0.1, 0.15) is 36.0 Å². The third-order valence-corrected chi connectivity index (χ3v) is 5.19. The van der Waals surface area contributed by atoms with Gasteiger partial charge in [-0.05, 0) is 43.2 Å². The number of hydrogen-bond acceptors (Lipinski definition) is 4. The van der Waals surface area contributed by atoms with Gasteiger partial charge in [-0.2, -0.15) is 0 Å². The molecule has 4 rings (SSSR count). The largest absolute Gasteiger partial charge is 0.573 e. The van der Waals surface area contributed by atoms with Crippen LogP contribution in [0.25, 0.3) is 0 Å². The summed E-state index contributed by atoms with van der Waals surface area (Å²) in [5.74, 6) is 0.0975. The topological polar surface area (TPSA) is 51.7 Å². The van der Waals surface area contributed by atoms with Crippen LogP contribution in [0, 0.1) is 0 Å². The van der Waals surface area contributed by atoms with Crippen LogP contribution in [0.2, 0.25) is 0 Å². The number of carbonyl (C=O) groups excluding carboxylic acids is 1. The first kappa shape index (κ1) is 18.6. The van der Waals surface area contributed by atoms with Crippen LogP contribution in [-0.4, -0.2) is 40.3 Å². The van der Waals surface area contributed by atoms with E-state index in [9.17, 15) is 18.0 Å². The van der Waals surface area contributed by atoms with Gasteiger partial charge < -0.3 is 14.4 Å². The van der Waals surface area contributed by atoms with E-state index in [1.807, 2.05) is 0 Å². The number of aromatic nitrogens is 1. The first-order valence-corrected chi connectivity index (χ1v) is 9.14. The summed E-state index contributed by atoms with van der Waals surface area (Å²) in [6.07, 6.45) is 1.67. The molecule has 28 heavy (non-hydrogen) atoms. The summed E-state index contributed by atoms with van der Waals surface area (Å²) in [5, 5.41) is 0. The molecule has 2 fully saturated rings. The minimum absolute atomic E-state index is 0.00356. The normalized spacial score (nSPS) is 24.1. The zero-order valence-electron chi connectivity index (χ0n) is 14.9. The van der Waals surface area contributed by atoms with Crippen LogP contribution in [0.15, 0.2) is 48.8 Å². The predicted molar refractivity (Wildman–Crippen MR) is 94.0 cm³/mol. The number of rotatable bonds is 4. The molecule has 2 atom stereocenters. The van der Waals surface area contributed by atoms with Gasteiger partial charge in [-0.15, -0.1) is 13.2 Å². The fourth-order valence-electron chi connectivity index (χ4n) is 4.14. The Balaban J connectivity index is 1.46. The number of ether oxygens (including phenoxy) is 2. The quantitative estimate of drug-likeness (QED) is 0.783. The lowest BCUT2D eigenvalue weighted by atomic mass is 9.98. The van der Waals surface area contributed by atoms with Crippen molar-refractivity contribution in [3.63, 3.8) is 0 Å². The molecule has 3 heterocycles. The Bertz CT molecular complexity index is 830. The van der Waals surface area contributed by atoms with Crippen molar-refractivity contribution < 1.29 is 27.4 Å². The van der Waals surface area contributed by atoms with E-state index in [-0.39, 0.29) is 35.4 Å². The SMILES string of the molecule is O=C(c1cccc(OC(F)(F)F)c1)N1C2CCC1CC(Oc1ccncc1)C2. The third-order valence-electron chi connectivity index (χ3n) is 5.19. The first-order valence-electron chi connectivity index (χ1n) is 9.14. The van der Waals surface area contributed by atoms with E-state index >= 15 is 0 Å². The molecule has 0 radical (unpaired) electrons. The molecular weight excluding hydrogens is 373 g/mol. The highest BCUT2D eigenvalue weighted by atomic mass is 19.4. The molecule has 148 valence electrons. The number of halogens is 3. The van der Waals surface area contributed by atoms with Gasteiger partial charge >= 0.3 is 6.36 Å². The van der Waals surface area contributed by atoms with Crippen molar-refractivity contribution >= 4 is 5.91 Å². The summed E-state index contributed by atoms with van der Waals surface area (Å²) in [4.78, 5) is 18.8. The van der Waals surface area contributed by atoms with Crippen LogP contribution in [0.3, 0.4) is 0 Å². The average molecular weight is 392 g/mol. The van der Waals surface area contributed by atoms with Gasteiger partial charge in [0.1, 0.15) is 17.6 Å². The standard InChI is InChI=1S/C20H19F3N2O3/c21-20(22,23)28-17-3-1-2-13(10-17)19(26)25-14-4-5-15(25)12-18(11-14)27-16-6-8-24-9-7-16/h1-3,6-10,14-15,18H,4-5,11-12H2. The highest BCUT2D eigenvalue weighted by Crippen LogP contribution is 2.38. The highest BCUT2D eigenvalue weighted by Gasteiger charge is 2.44. The van der Waals surface area contributed by atoms with Crippen molar-refractivity contribution in [2.24, 2.45) is 0 Å². The molecule has 2 bridgehead atoms. The molecule has 8 heteroatoms. The van der Waals surface area contributed by atoms with Crippen LogP contribution in [0.4, 0.5) is 13.2 Å². The number of pyridine rings is 1. The van der Waals surface area contributed by atoms with Gasteiger partial charge in [-0.1, -0.05) is 6.07 Å². The fourth-order valence-corrected chi connectivity index (χ4v) is 4.14. The number of nitrogens with zero attached hydrogens (tertiary/aromatic N) is 2. The Morgan fingerprint density at radius 2 is 1.71 bits per heavy atom. The molecule has 2 aromatic rings. The lowest BCUT2D eigenvalue weighted by Gasteiger charge is -2.39. The van der Waals surface area contributed by atoms with E-state index in [0.717, 1.165) is 24.7 Å². The van der Waals surface area contributed by atoms with E-state index in [1.54, 1.807) is 29.4 Å². The van der Waals surface area contributed by atoms with E-state index in [2.05, 4.69) is 9.72 Å². The minimum atomic E-state index is -4.79. The zero-order valence-corrected chi connectivity index (χ0v) is 14.9. The van der Waals surface area contributed by atoms with Gasteiger partial charge in [0, 0.05) is 42.9 Å². The molecular formula is C20H19F3N2O3. The number of piperidine rings is 1. The van der Waals surface area contributed by atoms with Gasteiger partial charge in [-0.25, -0.2) is 0 Å². The maximum Gasteiger partial charge on any atom is 0.573 e. The highest BCUT2D eigenvalue weighted by molar-refractivity contribution is 5.95. The monoisotopic (exact) mass is 392 g/mol. The number of benzene rings is 1. The molecule has 0 aliphatic carbocycles. The van der Waals surface area contributed by atoms with E-state index in [1.165, 1.54) is 18.2 Å². The van der Waals surface area contributed by atoms with E-state index in [0.29, 0.717) is 12.8 Å². The van der Waals surface area contributed by atoms with Crippen LogP contribution in [-0.2, 0) is 0 Å². The third kappa shape index (κ3) is 4.05. The number of fused-ring (bicyclic) bond motifs is 2. The molecule has 2 unspecified atom stereocenters. The van der Waals surface area contributed by atoms with Gasteiger partial charge in [0.05, 0.1) is 0 Å². The molecule has 2 aliphatic heterocycles. The second-order valence-electron chi connectivity index (χ2n) is 7.07. The van der Waals surface area contributed by atoms with E-state index < -0.39 is 6.36 Å². The first-order chi connectivity index (χ1) is 13.4. The van der Waals surface area contributed by atoms with E-state index in [4.69, 9.17) is 4.74 Å². The maximum absolute atomic E-state index is 13.0. The molecule has 2 aliphatic rings. The van der Waals surface area contributed by atoms with Crippen molar-refractivity contribution in [1.82, 2.24) is 9.88 Å². The molecule has 5 nitrogen and oxygen atoms in total. The molecule has 0 saturated carbocycles. The lowest BCUT2D eigenvalue weighted by Crippen LogP contribution is -2.49. The summed E-state index contributed by atoms with van der Waals surface area (Å²) in [6.45, 7) is 0. The number of alkyl halides is 3. The molecule has 1 amide bonds. The smallest absolute Gasteiger partial charge is 0.490 e. The van der Waals surface area contributed by atoms with Gasteiger partial charge in [0.2, 0.25) is 0 Å². The summed E-state index contributed by atoms with van der Waals surface area (Å²) in [6, 6.07) is 8.88. The van der Waals surface area contributed by atoms with Crippen molar-refractivity contribution in [2.45, 2.75) is 50.2 Å². The van der Waals surface area contributed by atoms with Crippen LogP contribution in [0.5, 0.6) is 11.5 Å². The molecule has 1 aromatic heterocycles. The Labute approximate surface area is 160 Å². The Hall–Kier alpha value is -2.77. The Morgan fingerprint density at radius 3 is 2.36 bits per heavy atom. The van der Waals surface area contributed by atoms with Gasteiger partial charge in [0.25, 0.3) is 5.91 Å². The van der Waals surface area contributed by atoms with Crippen LogP contribution < -0.4 is 9.47 Å². The summed E-state index contributed by atoms with van der Waals surface area (Å²) in [7, 11) is 0. The van der Waals surface area contributed by atoms with Gasteiger partial charge in [0.15, 0.2) is 0 Å². The lowest BCUT2D eigenvalue weighted by molar-refractivity contribution is -0.274.